The average molecular weight is 384 g/mol. The summed E-state index contributed by atoms with van der Waals surface area (Å²) >= 11 is 0. The van der Waals surface area contributed by atoms with Gasteiger partial charge in [0.05, 0.1) is 6.54 Å². The normalized spacial score (nSPS) is 15.4. The molecule has 2 heterocycles. The third-order valence-electron chi connectivity index (χ3n) is 5.52. The molecule has 29 heavy (non-hydrogen) atoms. The lowest BCUT2D eigenvalue weighted by Gasteiger charge is -2.22. The first kappa shape index (κ1) is 17.5. The SMILES string of the molecule is O=C(c1ccc(N2CCOC2=O)cc1)N1Cc2ccccc2-c2ccccc2C1. The summed E-state index contributed by atoms with van der Waals surface area (Å²) in [6, 6.07) is 23.7. The van der Waals surface area contributed by atoms with E-state index in [4.69, 9.17) is 4.74 Å². The molecule has 0 saturated carbocycles. The number of amides is 2. The van der Waals surface area contributed by atoms with Crippen molar-refractivity contribution < 1.29 is 14.3 Å². The number of cyclic esters (lactones) is 1. The van der Waals surface area contributed by atoms with Gasteiger partial charge in [0.1, 0.15) is 6.61 Å². The highest BCUT2D eigenvalue weighted by Crippen LogP contribution is 2.33. The molecule has 5 rings (SSSR count). The lowest BCUT2D eigenvalue weighted by Crippen LogP contribution is -2.29. The van der Waals surface area contributed by atoms with Gasteiger partial charge in [-0.25, -0.2) is 4.79 Å². The van der Waals surface area contributed by atoms with E-state index in [-0.39, 0.29) is 12.0 Å². The van der Waals surface area contributed by atoms with Crippen molar-refractivity contribution in [3.63, 3.8) is 0 Å². The van der Waals surface area contributed by atoms with Crippen LogP contribution in [-0.2, 0) is 17.8 Å². The highest BCUT2D eigenvalue weighted by Gasteiger charge is 2.25. The molecule has 1 fully saturated rings. The lowest BCUT2D eigenvalue weighted by molar-refractivity contribution is 0.0732. The number of fused-ring (bicyclic) bond motifs is 3. The van der Waals surface area contributed by atoms with E-state index < -0.39 is 0 Å². The number of rotatable bonds is 2. The van der Waals surface area contributed by atoms with Crippen molar-refractivity contribution in [2.75, 3.05) is 18.1 Å². The van der Waals surface area contributed by atoms with Gasteiger partial charge in [0.15, 0.2) is 0 Å². The predicted octanol–water partition coefficient (Wildman–Crippen LogP) is 4.47. The van der Waals surface area contributed by atoms with Gasteiger partial charge in [-0.3, -0.25) is 9.69 Å². The first-order valence-electron chi connectivity index (χ1n) is 9.70. The molecular formula is C24H20N2O3. The molecule has 0 aliphatic carbocycles. The molecule has 2 aliphatic rings. The van der Waals surface area contributed by atoms with Gasteiger partial charge in [-0.2, -0.15) is 0 Å². The Hall–Kier alpha value is -3.60. The minimum Gasteiger partial charge on any atom is -0.447 e. The van der Waals surface area contributed by atoms with Crippen LogP contribution in [0.15, 0.2) is 72.8 Å². The van der Waals surface area contributed by atoms with Crippen LogP contribution in [0.1, 0.15) is 21.5 Å². The molecular weight excluding hydrogens is 364 g/mol. The molecule has 144 valence electrons. The third kappa shape index (κ3) is 3.14. The Labute approximate surface area is 169 Å². The van der Waals surface area contributed by atoms with E-state index in [1.165, 1.54) is 11.1 Å². The molecule has 3 aromatic carbocycles. The summed E-state index contributed by atoms with van der Waals surface area (Å²) in [5, 5.41) is 0. The molecule has 0 bridgehead atoms. The van der Waals surface area contributed by atoms with Crippen LogP contribution in [0.5, 0.6) is 0 Å². The van der Waals surface area contributed by atoms with Crippen molar-refractivity contribution in [1.82, 2.24) is 4.90 Å². The highest BCUT2D eigenvalue weighted by molar-refractivity contribution is 5.96. The first-order chi connectivity index (χ1) is 14.2. The number of carbonyl (C=O) groups is 2. The molecule has 2 amide bonds. The number of hydrogen-bond donors (Lipinski definition) is 0. The molecule has 1 saturated heterocycles. The van der Waals surface area contributed by atoms with Gasteiger partial charge >= 0.3 is 6.09 Å². The minimum absolute atomic E-state index is 0.0212. The number of benzene rings is 3. The topological polar surface area (TPSA) is 49.9 Å². The minimum atomic E-state index is -0.343. The predicted molar refractivity (Wildman–Crippen MR) is 111 cm³/mol. The summed E-state index contributed by atoms with van der Waals surface area (Å²) in [5.74, 6) is -0.0212. The molecule has 3 aromatic rings. The van der Waals surface area contributed by atoms with Gasteiger partial charge in [0, 0.05) is 24.3 Å². The van der Waals surface area contributed by atoms with E-state index in [0.717, 1.165) is 16.8 Å². The van der Waals surface area contributed by atoms with Crippen LogP contribution in [0.4, 0.5) is 10.5 Å². The standard InChI is InChI=1S/C24H20N2O3/c27-23(17-9-11-20(12-10-17)26-13-14-29-24(26)28)25-15-18-5-1-3-7-21(18)22-8-4-2-6-19(22)16-25/h1-12H,13-16H2. The van der Waals surface area contributed by atoms with Crippen molar-refractivity contribution in [2.24, 2.45) is 0 Å². The van der Waals surface area contributed by atoms with Crippen molar-refractivity contribution in [1.29, 1.82) is 0 Å². The monoisotopic (exact) mass is 384 g/mol. The fourth-order valence-corrected chi connectivity index (χ4v) is 4.05. The zero-order valence-electron chi connectivity index (χ0n) is 15.9. The van der Waals surface area contributed by atoms with E-state index in [2.05, 4.69) is 24.3 Å². The van der Waals surface area contributed by atoms with Gasteiger partial charge in [-0.15, -0.1) is 0 Å². The number of carbonyl (C=O) groups excluding carboxylic acids is 2. The Morgan fingerprint density at radius 2 is 1.38 bits per heavy atom. The molecule has 2 aliphatic heterocycles. The van der Waals surface area contributed by atoms with E-state index in [1.807, 2.05) is 29.2 Å². The second-order valence-corrected chi connectivity index (χ2v) is 7.29. The summed E-state index contributed by atoms with van der Waals surface area (Å²) < 4.78 is 4.99. The van der Waals surface area contributed by atoms with Crippen LogP contribution in [0.3, 0.4) is 0 Å². The zero-order chi connectivity index (χ0) is 19.8. The fraction of sp³-hybridized carbons (Fsp3) is 0.167. The number of nitrogens with zero attached hydrogens (tertiary/aromatic N) is 2. The molecule has 0 atom stereocenters. The second kappa shape index (κ2) is 7.09. The van der Waals surface area contributed by atoms with Crippen LogP contribution < -0.4 is 4.90 Å². The summed E-state index contributed by atoms with van der Waals surface area (Å²) in [6.07, 6.45) is -0.343. The van der Waals surface area contributed by atoms with Gasteiger partial charge < -0.3 is 9.64 Å². The zero-order valence-corrected chi connectivity index (χ0v) is 15.9. The van der Waals surface area contributed by atoms with Crippen molar-refractivity contribution in [3.8, 4) is 11.1 Å². The summed E-state index contributed by atoms with van der Waals surface area (Å²) in [5.41, 5.74) is 6.00. The molecule has 0 spiro atoms. The van der Waals surface area contributed by atoms with Gasteiger partial charge in [-0.05, 0) is 46.5 Å². The summed E-state index contributed by atoms with van der Waals surface area (Å²) in [4.78, 5) is 28.5. The number of anilines is 1. The maximum absolute atomic E-state index is 13.3. The quantitative estimate of drug-likeness (QED) is 0.655. The maximum Gasteiger partial charge on any atom is 0.414 e. The van der Waals surface area contributed by atoms with Crippen LogP contribution in [-0.4, -0.2) is 30.1 Å². The van der Waals surface area contributed by atoms with E-state index in [0.29, 0.717) is 31.8 Å². The van der Waals surface area contributed by atoms with Gasteiger partial charge in [0.25, 0.3) is 5.91 Å². The molecule has 0 radical (unpaired) electrons. The lowest BCUT2D eigenvalue weighted by atomic mass is 9.97. The van der Waals surface area contributed by atoms with Gasteiger partial charge in [-0.1, -0.05) is 48.5 Å². The van der Waals surface area contributed by atoms with E-state index in [1.54, 1.807) is 29.2 Å². The van der Waals surface area contributed by atoms with Crippen LogP contribution in [0.2, 0.25) is 0 Å². The smallest absolute Gasteiger partial charge is 0.414 e. The summed E-state index contributed by atoms with van der Waals surface area (Å²) in [6.45, 7) is 2.05. The Morgan fingerprint density at radius 1 is 0.793 bits per heavy atom. The van der Waals surface area contributed by atoms with E-state index in [9.17, 15) is 9.59 Å². The molecule has 0 aromatic heterocycles. The number of hydrogen-bond acceptors (Lipinski definition) is 3. The molecule has 5 heteroatoms. The number of ether oxygens (including phenoxy) is 1. The Bertz CT molecular complexity index is 1040. The molecule has 0 N–H and O–H groups in total. The van der Waals surface area contributed by atoms with Crippen LogP contribution in [0, 0.1) is 0 Å². The van der Waals surface area contributed by atoms with Crippen molar-refractivity contribution in [3.05, 3.63) is 89.5 Å². The summed E-state index contributed by atoms with van der Waals surface area (Å²) in [7, 11) is 0. The Balaban J connectivity index is 1.45. The van der Waals surface area contributed by atoms with E-state index >= 15 is 0 Å². The van der Waals surface area contributed by atoms with Crippen LogP contribution in [0.25, 0.3) is 11.1 Å². The highest BCUT2D eigenvalue weighted by atomic mass is 16.6. The molecule has 5 nitrogen and oxygen atoms in total. The Morgan fingerprint density at radius 3 is 1.93 bits per heavy atom. The van der Waals surface area contributed by atoms with Crippen molar-refractivity contribution >= 4 is 17.7 Å². The molecule has 0 unspecified atom stereocenters. The Kier molecular flexibility index (Phi) is 4.28. The second-order valence-electron chi connectivity index (χ2n) is 7.29. The first-order valence-corrected chi connectivity index (χ1v) is 9.70. The maximum atomic E-state index is 13.3. The largest absolute Gasteiger partial charge is 0.447 e. The third-order valence-corrected chi connectivity index (χ3v) is 5.52. The van der Waals surface area contributed by atoms with Gasteiger partial charge in [0.2, 0.25) is 0 Å². The average Bonchev–Trinajstić information content (AvgIpc) is 3.11. The van der Waals surface area contributed by atoms with Crippen molar-refractivity contribution in [2.45, 2.75) is 13.1 Å². The van der Waals surface area contributed by atoms with Crippen LogP contribution >= 0.6 is 0 Å². The fourth-order valence-electron chi connectivity index (χ4n) is 4.05.